The maximum atomic E-state index is 13.5. The van der Waals surface area contributed by atoms with Gasteiger partial charge in [0.1, 0.15) is 12.6 Å². The number of benzene rings is 2. The van der Waals surface area contributed by atoms with E-state index in [1.54, 1.807) is 49.4 Å². The summed E-state index contributed by atoms with van der Waals surface area (Å²) in [6.45, 7) is 4.81. The van der Waals surface area contributed by atoms with Crippen LogP contribution in [0.4, 0.5) is 5.69 Å². The highest BCUT2D eigenvalue weighted by molar-refractivity contribution is 9.10. The molecule has 0 unspecified atom stereocenters. The van der Waals surface area contributed by atoms with Gasteiger partial charge < -0.3 is 10.2 Å². The van der Waals surface area contributed by atoms with Crippen LogP contribution in [0, 0.1) is 0 Å². The lowest BCUT2D eigenvalue weighted by Gasteiger charge is -2.32. The first-order chi connectivity index (χ1) is 15.8. The van der Waals surface area contributed by atoms with E-state index in [-0.39, 0.29) is 18.5 Å². The minimum Gasteiger partial charge on any atom is -0.352 e. The van der Waals surface area contributed by atoms with E-state index in [0.29, 0.717) is 32.2 Å². The van der Waals surface area contributed by atoms with Gasteiger partial charge in [0.15, 0.2) is 0 Å². The minimum absolute atomic E-state index is 0.0669. The van der Waals surface area contributed by atoms with Crippen molar-refractivity contribution in [1.29, 1.82) is 0 Å². The molecular formula is C23H28BrCl2N3O4S. The highest BCUT2D eigenvalue weighted by Crippen LogP contribution is 2.27. The van der Waals surface area contributed by atoms with E-state index in [1.807, 2.05) is 13.8 Å². The summed E-state index contributed by atoms with van der Waals surface area (Å²) < 4.78 is 26.8. The molecule has 2 aromatic rings. The number of halogens is 3. The maximum absolute atomic E-state index is 13.5. The number of carbonyl (C=O) groups excluding carboxylic acids is 2. The summed E-state index contributed by atoms with van der Waals surface area (Å²) in [6.07, 6.45) is 1.74. The Bertz CT molecular complexity index is 1130. The van der Waals surface area contributed by atoms with Gasteiger partial charge in [0, 0.05) is 32.7 Å². The standard InChI is InChI=1S/C23H28BrCl2N3O4S/c1-5-15(2)27-23(31)16(3)28(13-19-20(25)10-7-11-21(19)26)22(30)14-29(34(4,32)33)18-9-6-8-17(24)12-18/h6-12,15-16H,5,13-14H2,1-4H3,(H,27,31)/t15-,16-/m0/s1. The zero-order chi connectivity index (χ0) is 25.6. The number of anilines is 1. The van der Waals surface area contributed by atoms with Crippen molar-refractivity contribution >= 4 is 66.7 Å². The summed E-state index contributed by atoms with van der Waals surface area (Å²) in [5.74, 6) is -0.938. The van der Waals surface area contributed by atoms with Crippen LogP contribution in [0.15, 0.2) is 46.9 Å². The van der Waals surface area contributed by atoms with Crippen LogP contribution in [-0.4, -0.2) is 50.0 Å². The number of nitrogens with zero attached hydrogens (tertiary/aromatic N) is 2. The minimum atomic E-state index is -3.81. The zero-order valence-corrected chi connectivity index (χ0v) is 23.3. The summed E-state index contributed by atoms with van der Waals surface area (Å²) >= 11 is 16.0. The Balaban J connectivity index is 2.45. The Morgan fingerprint density at radius 3 is 2.21 bits per heavy atom. The third-order valence-electron chi connectivity index (χ3n) is 5.33. The quantitative estimate of drug-likeness (QED) is 0.427. The molecule has 0 aliphatic carbocycles. The van der Waals surface area contributed by atoms with E-state index in [2.05, 4.69) is 21.2 Å². The van der Waals surface area contributed by atoms with Gasteiger partial charge in [-0.15, -0.1) is 0 Å². The molecule has 0 aliphatic heterocycles. The second kappa shape index (κ2) is 12.2. The van der Waals surface area contributed by atoms with Gasteiger partial charge in [0.05, 0.1) is 11.9 Å². The SMILES string of the molecule is CC[C@H](C)NC(=O)[C@H](C)N(Cc1c(Cl)cccc1Cl)C(=O)CN(c1cccc(Br)c1)S(C)(=O)=O. The highest BCUT2D eigenvalue weighted by Gasteiger charge is 2.31. The topological polar surface area (TPSA) is 86.8 Å². The highest BCUT2D eigenvalue weighted by atomic mass is 79.9. The van der Waals surface area contributed by atoms with Crippen molar-refractivity contribution in [3.8, 4) is 0 Å². The average Bonchev–Trinajstić information content (AvgIpc) is 2.75. The van der Waals surface area contributed by atoms with Crippen molar-refractivity contribution in [2.75, 3.05) is 17.1 Å². The van der Waals surface area contributed by atoms with Gasteiger partial charge >= 0.3 is 0 Å². The Kier molecular flexibility index (Phi) is 10.2. The van der Waals surface area contributed by atoms with Gasteiger partial charge in [-0.25, -0.2) is 8.42 Å². The molecular weight excluding hydrogens is 565 g/mol. The first-order valence-corrected chi connectivity index (χ1v) is 14.0. The van der Waals surface area contributed by atoms with Crippen molar-refractivity contribution in [1.82, 2.24) is 10.2 Å². The Morgan fingerprint density at radius 2 is 1.68 bits per heavy atom. The van der Waals surface area contributed by atoms with Crippen LogP contribution in [0.1, 0.15) is 32.8 Å². The zero-order valence-electron chi connectivity index (χ0n) is 19.4. The monoisotopic (exact) mass is 591 g/mol. The van der Waals surface area contributed by atoms with Gasteiger partial charge in [-0.3, -0.25) is 13.9 Å². The molecule has 0 saturated heterocycles. The van der Waals surface area contributed by atoms with Crippen LogP contribution in [0.5, 0.6) is 0 Å². The van der Waals surface area contributed by atoms with Crippen molar-refractivity contribution in [3.05, 3.63) is 62.5 Å². The van der Waals surface area contributed by atoms with Crippen molar-refractivity contribution in [2.24, 2.45) is 0 Å². The molecule has 1 N–H and O–H groups in total. The lowest BCUT2D eigenvalue weighted by molar-refractivity contribution is -0.139. The number of rotatable bonds is 10. The number of amides is 2. The molecule has 34 heavy (non-hydrogen) atoms. The van der Waals surface area contributed by atoms with Crippen LogP contribution in [0.3, 0.4) is 0 Å². The summed E-state index contributed by atoms with van der Waals surface area (Å²) in [7, 11) is -3.81. The lowest BCUT2D eigenvalue weighted by Crippen LogP contribution is -2.52. The lowest BCUT2D eigenvalue weighted by atomic mass is 10.1. The van der Waals surface area contributed by atoms with Crippen molar-refractivity contribution < 1.29 is 18.0 Å². The van der Waals surface area contributed by atoms with Gasteiger partial charge in [0.25, 0.3) is 0 Å². The molecule has 7 nitrogen and oxygen atoms in total. The molecule has 0 saturated carbocycles. The van der Waals surface area contributed by atoms with Gasteiger partial charge in [-0.05, 0) is 50.6 Å². The van der Waals surface area contributed by atoms with Gasteiger partial charge in [0.2, 0.25) is 21.8 Å². The summed E-state index contributed by atoms with van der Waals surface area (Å²) in [4.78, 5) is 27.7. The number of carbonyl (C=O) groups is 2. The molecule has 0 heterocycles. The Morgan fingerprint density at radius 1 is 1.09 bits per heavy atom. The summed E-state index contributed by atoms with van der Waals surface area (Å²) in [6, 6.07) is 10.6. The van der Waals surface area contributed by atoms with Crippen LogP contribution in [0.25, 0.3) is 0 Å². The van der Waals surface area contributed by atoms with E-state index >= 15 is 0 Å². The Labute approximate surface area is 219 Å². The molecule has 0 bridgehead atoms. The third-order valence-corrected chi connectivity index (χ3v) is 7.68. The molecule has 2 aromatic carbocycles. The molecule has 186 valence electrons. The fraction of sp³-hybridized carbons (Fsp3) is 0.391. The first kappa shape index (κ1) is 28.4. The van der Waals surface area contributed by atoms with Gasteiger partial charge in [-0.2, -0.15) is 0 Å². The van der Waals surface area contributed by atoms with E-state index in [1.165, 1.54) is 4.90 Å². The second-order valence-corrected chi connectivity index (χ2v) is 11.6. The van der Waals surface area contributed by atoms with Crippen LogP contribution >= 0.6 is 39.1 Å². The summed E-state index contributed by atoms with van der Waals surface area (Å²) in [5, 5.41) is 3.54. The fourth-order valence-corrected chi connectivity index (χ4v) is 4.89. The van der Waals surface area contributed by atoms with E-state index in [4.69, 9.17) is 23.2 Å². The van der Waals surface area contributed by atoms with E-state index < -0.39 is 28.5 Å². The number of sulfonamides is 1. The Hall–Kier alpha value is -1.81. The van der Waals surface area contributed by atoms with Crippen LogP contribution < -0.4 is 9.62 Å². The van der Waals surface area contributed by atoms with E-state index in [0.717, 1.165) is 10.6 Å². The number of nitrogens with one attached hydrogen (secondary N) is 1. The number of hydrogen-bond acceptors (Lipinski definition) is 4. The second-order valence-electron chi connectivity index (χ2n) is 7.97. The maximum Gasteiger partial charge on any atom is 0.244 e. The molecule has 2 rings (SSSR count). The molecule has 2 amide bonds. The van der Waals surface area contributed by atoms with Crippen molar-refractivity contribution in [2.45, 2.75) is 45.8 Å². The summed E-state index contributed by atoms with van der Waals surface area (Å²) in [5.41, 5.74) is 0.786. The fourth-order valence-electron chi connectivity index (χ4n) is 3.15. The van der Waals surface area contributed by atoms with Crippen LogP contribution in [-0.2, 0) is 26.2 Å². The number of hydrogen-bond donors (Lipinski definition) is 1. The molecule has 0 fully saturated rings. The predicted octanol–water partition coefficient (Wildman–Crippen LogP) is 4.85. The third kappa shape index (κ3) is 7.60. The normalized spacial score (nSPS) is 13.1. The average molecular weight is 593 g/mol. The molecule has 0 aliphatic rings. The smallest absolute Gasteiger partial charge is 0.244 e. The predicted molar refractivity (Wildman–Crippen MR) is 141 cm³/mol. The molecule has 11 heteroatoms. The van der Waals surface area contributed by atoms with E-state index in [9.17, 15) is 18.0 Å². The molecule has 0 spiro atoms. The largest absolute Gasteiger partial charge is 0.352 e. The molecule has 0 radical (unpaired) electrons. The first-order valence-electron chi connectivity index (χ1n) is 10.6. The van der Waals surface area contributed by atoms with Gasteiger partial charge in [-0.1, -0.05) is 58.2 Å². The molecule has 0 aromatic heterocycles. The molecule has 2 atom stereocenters. The van der Waals surface area contributed by atoms with Crippen LogP contribution in [0.2, 0.25) is 10.0 Å². The van der Waals surface area contributed by atoms with Crippen molar-refractivity contribution in [3.63, 3.8) is 0 Å².